The van der Waals surface area contributed by atoms with Crippen molar-refractivity contribution in [2.45, 2.75) is 33.3 Å². The summed E-state index contributed by atoms with van der Waals surface area (Å²) in [7, 11) is 0. The number of rotatable bonds is 3. The molecule has 0 saturated heterocycles. The molecule has 3 nitrogen and oxygen atoms in total. The Kier molecular flexibility index (Phi) is 3.48. The molecule has 10 heavy (non-hydrogen) atoms. The molecule has 0 fully saturated rings. The van der Waals surface area contributed by atoms with Crippen molar-refractivity contribution in [1.29, 1.82) is 0 Å². The molecule has 0 aliphatic heterocycles. The minimum absolute atomic E-state index is 0.226. The fraction of sp³-hybridized carbons (Fsp3) is 1.00. The van der Waals surface area contributed by atoms with Gasteiger partial charge in [-0.05, 0) is 19.8 Å². The summed E-state index contributed by atoms with van der Waals surface area (Å²) < 4.78 is 23.3. The molecule has 1 unspecified atom stereocenters. The van der Waals surface area contributed by atoms with Gasteiger partial charge in [-0.2, -0.15) is 4.21 Å². The van der Waals surface area contributed by atoms with Crippen LogP contribution in [0.2, 0.25) is 0 Å². The minimum atomic E-state index is -2.16. The van der Waals surface area contributed by atoms with Gasteiger partial charge in [0.15, 0.2) is 0 Å². The Morgan fingerprint density at radius 3 is 2.00 bits per heavy atom. The largest absolute Gasteiger partial charge is 0.302 e. The maximum Gasteiger partial charge on any atom is 0.302 e. The van der Waals surface area contributed by atoms with Crippen molar-refractivity contribution >= 4 is 11.4 Å². The molecule has 0 saturated carbocycles. The van der Waals surface area contributed by atoms with Gasteiger partial charge in [0.2, 0.25) is 0 Å². The van der Waals surface area contributed by atoms with Crippen molar-refractivity contribution in [2.75, 3.05) is 0 Å². The molecule has 4 heteroatoms. The second-order valence-corrected chi connectivity index (χ2v) is 3.66. The van der Waals surface area contributed by atoms with E-state index in [0.29, 0.717) is 0 Å². The highest BCUT2D eigenvalue weighted by Crippen LogP contribution is 2.20. The summed E-state index contributed by atoms with van der Waals surface area (Å²) in [5, 5.41) is 0. The van der Waals surface area contributed by atoms with Gasteiger partial charge < -0.3 is 0 Å². The minimum Gasteiger partial charge on any atom is -0.284 e. The smallest absolute Gasteiger partial charge is 0.284 e. The van der Waals surface area contributed by atoms with E-state index >= 15 is 0 Å². The van der Waals surface area contributed by atoms with Gasteiger partial charge in [0.05, 0.1) is 5.60 Å². The molecule has 0 bridgehead atoms. The van der Waals surface area contributed by atoms with Crippen LogP contribution < -0.4 is 0 Å². The molecular weight excluding hydrogens is 152 g/mol. The third kappa shape index (κ3) is 3.29. The number of hydrogen-bond donors (Lipinski definition) is 1. The van der Waals surface area contributed by atoms with E-state index in [0.717, 1.165) is 0 Å². The van der Waals surface area contributed by atoms with E-state index in [-0.39, 0.29) is 5.92 Å². The molecule has 0 aliphatic rings. The van der Waals surface area contributed by atoms with Gasteiger partial charge in [0, 0.05) is 0 Å². The molecule has 0 aromatic rings. The van der Waals surface area contributed by atoms with E-state index in [9.17, 15) is 4.21 Å². The van der Waals surface area contributed by atoms with Gasteiger partial charge in [-0.1, -0.05) is 13.8 Å². The zero-order valence-electron chi connectivity index (χ0n) is 6.75. The van der Waals surface area contributed by atoms with Crippen molar-refractivity contribution < 1.29 is 12.9 Å². The van der Waals surface area contributed by atoms with Crippen LogP contribution in [0.25, 0.3) is 0 Å². The fourth-order valence-electron chi connectivity index (χ4n) is 0.280. The van der Waals surface area contributed by atoms with E-state index < -0.39 is 17.0 Å². The zero-order valence-corrected chi connectivity index (χ0v) is 7.57. The van der Waals surface area contributed by atoms with Crippen LogP contribution in [0.15, 0.2) is 0 Å². The van der Waals surface area contributed by atoms with Crippen LogP contribution in [-0.4, -0.2) is 14.4 Å². The van der Waals surface area contributed by atoms with Crippen molar-refractivity contribution in [2.24, 2.45) is 5.92 Å². The Hall–Kier alpha value is 0.0700. The van der Waals surface area contributed by atoms with Crippen molar-refractivity contribution in [1.82, 2.24) is 0 Å². The van der Waals surface area contributed by atoms with Crippen molar-refractivity contribution in [3.8, 4) is 0 Å². The van der Waals surface area contributed by atoms with Crippen LogP contribution in [0.3, 0.4) is 0 Å². The van der Waals surface area contributed by atoms with Gasteiger partial charge >= 0.3 is 11.4 Å². The third-order valence-electron chi connectivity index (χ3n) is 1.68. The first-order valence-electron chi connectivity index (χ1n) is 3.16. The van der Waals surface area contributed by atoms with Crippen LogP contribution in [0.5, 0.6) is 0 Å². The summed E-state index contributed by atoms with van der Waals surface area (Å²) in [6, 6.07) is 0. The average Bonchev–Trinajstić information content (AvgIpc) is 1.60. The lowest BCUT2D eigenvalue weighted by molar-refractivity contribution is 0.0653. The van der Waals surface area contributed by atoms with Crippen LogP contribution >= 0.6 is 0 Å². The summed E-state index contributed by atoms with van der Waals surface area (Å²) in [5.41, 5.74) is -0.528. The van der Waals surface area contributed by atoms with Gasteiger partial charge in [0.1, 0.15) is 0 Å². The average molecular weight is 166 g/mol. The molecule has 0 heterocycles. The van der Waals surface area contributed by atoms with Crippen LogP contribution in [-0.2, 0) is 15.5 Å². The molecule has 0 aromatic carbocycles. The fourth-order valence-corrected chi connectivity index (χ4v) is 0.840. The molecule has 0 aliphatic carbocycles. The molecule has 62 valence electrons. The summed E-state index contributed by atoms with van der Waals surface area (Å²) >= 11 is -2.16. The highest BCUT2D eigenvalue weighted by molar-refractivity contribution is 7.74. The van der Waals surface area contributed by atoms with Gasteiger partial charge in [-0.3, -0.25) is 8.74 Å². The summed E-state index contributed by atoms with van der Waals surface area (Å²) in [6.45, 7) is 7.44. The van der Waals surface area contributed by atoms with Gasteiger partial charge in [-0.25, -0.2) is 0 Å². The molecule has 1 N–H and O–H groups in total. The predicted octanol–water partition coefficient (Wildman–Crippen LogP) is 1.57. The Bertz CT molecular complexity index is 131. The molecular formula is C6H14O3S. The van der Waals surface area contributed by atoms with Gasteiger partial charge in [0.25, 0.3) is 0 Å². The summed E-state index contributed by atoms with van der Waals surface area (Å²) in [6.07, 6.45) is 0. The lowest BCUT2D eigenvalue weighted by Crippen LogP contribution is -2.31. The Balaban J connectivity index is 3.99. The Morgan fingerprint density at radius 2 is 1.90 bits per heavy atom. The topological polar surface area (TPSA) is 46.5 Å². The second-order valence-electron chi connectivity index (χ2n) is 3.06. The SMILES string of the molecule is CC(C)C(C)(C)OS(=O)O. The van der Waals surface area contributed by atoms with E-state index in [1.165, 1.54) is 0 Å². The maximum atomic E-state index is 10.2. The molecule has 0 aromatic heterocycles. The quantitative estimate of drug-likeness (QED) is 0.647. The second kappa shape index (κ2) is 3.46. The first-order valence-corrected chi connectivity index (χ1v) is 4.20. The molecule has 1 atom stereocenters. The first-order chi connectivity index (χ1) is 4.36. The highest BCUT2D eigenvalue weighted by atomic mass is 32.2. The lowest BCUT2D eigenvalue weighted by Gasteiger charge is -2.26. The first kappa shape index (κ1) is 10.1. The Labute approximate surface area is 64.3 Å². The molecule has 0 amide bonds. The van der Waals surface area contributed by atoms with Crippen LogP contribution in [0.1, 0.15) is 27.7 Å². The monoisotopic (exact) mass is 166 g/mol. The molecule has 0 radical (unpaired) electrons. The predicted molar refractivity (Wildman–Crippen MR) is 40.8 cm³/mol. The van der Waals surface area contributed by atoms with Crippen LogP contribution in [0.4, 0.5) is 0 Å². The van der Waals surface area contributed by atoms with Crippen molar-refractivity contribution in [3.05, 3.63) is 0 Å². The molecule has 0 rings (SSSR count). The van der Waals surface area contributed by atoms with E-state index in [2.05, 4.69) is 0 Å². The van der Waals surface area contributed by atoms with Gasteiger partial charge in [-0.15, -0.1) is 0 Å². The summed E-state index contributed by atoms with van der Waals surface area (Å²) in [5.74, 6) is 0.226. The van der Waals surface area contributed by atoms with E-state index in [1.54, 1.807) is 13.8 Å². The molecule has 0 spiro atoms. The van der Waals surface area contributed by atoms with Crippen LogP contribution in [0, 0.1) is 5.92 Å². The highest BCUT2D eigenvalue weighted by Gasteiger charge is 2.25. The normalized spacial score (nSPS) is 15.8. The maximum absolute atomic E-state index is 10.2. The third-order valence-corrected chi connectivity index (χ3v) is 2.25. The standard InChI is InChI=1S/C6H14O3S/c1-5(2)6(3,4)9-10(7)8/h5H,1-4H3,(H,7,8). The number of hydrogen-bond acceptors (Lipinski definition) is 2. The zero-order chi connectivity index (χ0) is 8.36. The summed E-state index contributed by atoms with van der Waals surface area (Å²) in [4.78, 5) is 0. The lowest BCUT2D eigenvalue weighted by atomic mass is 9.95. The van der Waals surface area contributed by atoms with E-state index in [1.807, 2.05) is 13.8 Å². The Morgan fingerprint density at radius 1 is 1.50 bits per heavy atom. The van der Waals surface area contributed by atoms with E-state index in [4.69, 9.17) is 8.74 Å². The van der Waals surface area contributed by atoms with Crippen molar-refractivity contribution in [3.63, 3.8) is 0 Å².